The highest BCUT2D eigenvalue weighted by molar-refractivity contribution is 4.91. The molecule has 0 radical (unpaired) electrons. The van der Waals surface area contributed by atoms with Gasteiger partial charge in [-0.2, -0.15) is 0 Å². The third-order valence-corrected chi connectivity index (χ3v) is 2.61. The summed E-state index contributed by atoms with van der Waals surface area (Å²) in [5.74, 6) is 0. The summed E-state index contributed by atoms with van der Waals surface area (Å²) in [6.45, 7) is 3.12. The molecule has 0 saturated carbocycles. The predicted molar refractivity (Wildman–Crippen MR) is 42.5 cm³/mol. The lowest BCUT2D eigenvalue weighted by molar-refractivity contribution is -0.000641. The maximum atomic E-state index is 5.61. The zero-order valence-corrected chi connectivity index (χ0v) is 7.08. The van der Waals surface area contributed by atoms with Crippen LogP contribution in [0.25, 0.3) is 0 Å². The lowest BCUT2D eigenvalue weighted by Gasteiger charge is -2.20. The van der Waals surface area contributed by atoms with E-state index >= 15 is 0 Å². The molecule has 2 rings (SSSR count). The van der Waals surface area contributed by atoms with Crippen molar-refractivity contribution in [3.8, 4) is 0 Å². The average molecular weight is 156 g/mol. The molecule has 0 aromatic heterocycles. The summed E-state index contributed by atoms with van der Waals surface area (Å²) in [5, 5.41) is 0. The standard InChI is InChI=1S/C9H16O2/c1-2-7-9(11-7)8-5-3-4-6-10-8/h7-9H,2-6H2,1H3/t7-,8?,9-/m1/s1. The minimum absolute atomic E-state index is 0.425. The van der Waals surface area contributed by atoms with Gasteiger partial charge in [0.05, 0.1) is 12.2 Å². The van der Waals surface area contributed by atoms with Crippen LogP contribution in [0.3, 0.4) is 0 Å². The number of hydrogen-bond donors (Lipinski definition) is 0. The molecule has 2 fully saturated rings. The van der Waals surface area contributed by atoms with E-state index in [4.69, 9.17) is 9.47 Å². The van der Waals surface area contributed by atoms with Gasteiger partial charge in [0.25, 0.3) is 0 Å². The van der Waals surface area contributed by atoms with Crippen molar-refractivity contribution >= 4 is 0 Å². The summed E-state index contributed by atoms with van der Waals surface area (Å²) in [5.41, 5.74) is 0. The zero-order valence-electron chi connectivity index (χ0n) is 7.08. The second-order valence-electron chi connectivity index (χ2n) is 3.45. The van der Waals surface area contributed by atoms with Crippen LogP contribution in [0.5, 0.6) is 0 Å². The van der Waals surface area contributed by atoms with Gasteiger partial charge in [0, 0.05) is 6.61 Å². The summed E-state index contributed by atoms with van der Waals surface area (Å²) in [7, 11) is 0. The molecule has 2 heterocycles. The highest BCUT2D eigenvalue weighted by atomic mass is 16.6. The molecule has 2 nitrogen and oxygen atoms in total. The van der Waals surface area contributed by atoms with Gasteiger partial charge in [-0.05, 0) is 25.7 Å². The van der Waals surface area contributed by atoms with Crippen molar-refractivity contribution in [1.29, 1.82) is 0 Å². The van der Waals surface area contributed by atoms with Gasteiger partial charge in [-0.15, -0.1) is 0 Å². The Balaban J connectivity index is 1.77. The van der Waals surface area contributed by atoms with Crippen molar-refractivity contribution in [1.82, 2.24) is 0 Å². The van der Waals surface area contributed by atoms with Gasteiger partial charge >= 0.3 is 0 Å². The van der Waals surface area contributed by atoms with Gasteiger partial charge in [0.15, 0.2) is 0 Å². The molecule has 2 heteroatoms. The van der Waals surface area contributed by atoms with E-state index in [1.165, 1.54) is 19.3 Å². The van der Waals surface area contributed by atoms with Crippen LogP contribution in [0.2, 0.25) is 0 Å². The molecule has 3 atom stereocenters. The highest BCUT2D eigenvalue weighted by Crippen LogP contribution is 2.33. The maximum absolute atomic E-state index is 5.61. The van der Waals surface area contributed by atoms with Crippen molar-refractivity contribution < 1.29 is 9.47 Å². The van der Waals surface area contributed by atoms with Gasteiger partial charge in [0.2, 0.25) is 0 Å². The van der Waals surface area contributed by atoms with Crippen molar-refractivity contribution in [3.05, 3.63) is 0 Å². The largest absolute Gasteiger partial charge is 0.375 e. The monoisotopic (exact) mass is 156 g/mol. The fourth-order valence-electron chi connectivity index (χ4n) is 1.84. The van der Waals surface area contributed by atoms with E-state index in [9.17, 15) is 0 Å². The molecule has 2 saturated heterocycles. The molecular weight excluding hydrogens is 140 g/mol. The Labute approximate surface area is 67.9 Å². The van der Waals surface area contributed by atoms with Crippen LogP contribution in [-0.2, 0) is 9.47 Å². The molecule has 0 amide bonds. The van der Waals surface area contributed by atoms with E-state index in [1.807, 2.05) is 0 Å². The quantitative estimate of drug-likeness (QED) is 0.568. The van der Waals surface area contributed by atoms with E-state index in [0.717, 1.165) is 13.0 Å². The molecule has 2 aliphatic heterocycles. The Bertz CT molecular complexity index is 130. The Morgan fingerprint density at radius 3 is 2.82 bits per heavy atom. The van der Waals surface area contributed by atoms with Gasteiger partial charge in [-0.25, -0.2) is 0 Å². The molecule has 0 N–H and O–H groups in total. The first-order valence-electron chi connectivity index (χ1n) is 4.69. The second kappa shape index (κ2) is 3.11. The predicted octanol–water partition coefficient (Wildman–Crippen LogP) is 1.73. The fourth-order valence-corrected chi connectivity index (χ4v) is 1.84. The van der Waals surface area contributed by atoms with E-state index in [-0.39, 0.29) is 0 Å². The summed E-state index contributed by atoms with van der Waals surface area (Å²) in [6.07, 6.45) is 6.29. The minimum atomic E-state index is 0.425. The molecule has 0 aromatic carbocycles. The van der Waals surface area contributed by atoms with Gasteiger partial charge in [-0.1, -0.05) is 6.92 Å². The van der Waals surface area contributed by atoms with Crippen molar-refractivity contribution in [2.45, 2.75) is 50.9 Å². The Kier molecular flexibility index (Phi) is 2.14. The Morgan fingerprint density at radius 1 is 1.36 bits per heavy atom. The number of epoxide rings is 1. The smallest absolute Gasteiger partial charge is 0.110 e. The fraction of sp³-hybridized carbons (Fsp3) is 1.00. The lowest BCUT2D eigenvalue weighted by atomic mass is 10.0. The van der Waals surface area contributed by atoms with Crippen molar-refractivity contribution in [2.24, 2.45) is 0 Å². The number of ether oxygens (including phenoxy) is 2. The first-order chi connectivity index (χ1) is 5.42. The van der Waals surface area contributed by atoms with Crippen LogP contribution < -0.4 is 0 Å². The summed E-state index contributed by atoms with van der Waals surface area (Å²) < 4.78 is 11.1. The lowest BCUT2D eigenvalue weighted by Crippen LogP contribution is -2.25. The second-order valence-corrected chi connectivity index (χ2v) is 3.45. The minimum Gasteiger partial charge on any atom is -0.375 e. The van der Waals surface area contributed by atoms with Crippen LogP contribution in [-0.4, -0.2) is 24.9 Å². The van der Waals surface area contributed by atoms with E-state index in [2.05, 4.69) is 6.92 Å². The van der Waals surface area contributed by atoms with E-state index in [1.54, 1.807) is 0 Å². The molecule has 0 bridgehead atoms. The Hall–Kier alpha value is -0.0800. The molecule has 0 aromatic rings. The summed E-state index contributed by atoms with van der Waals surface area (Å²) in [6, 6.07) is 0. The van der Waals surface area contributed by atoms with Gasteiger partial charge in [-0.3, -0.25) is 0 Å². The summed E-state index contributed by atoms with van der Waals surface area (Å²) in [4.78, 5) is 0. The van der Waals surface area contributed by atoms with Crippen LogP contribution in [0.15, 0.2) is 0 Å². The van der Waals surface area contributed by atoms with E-state index in [0.29, 0.717) is 18.3 Å². The highest BCUT2D eigenvalue weighted by Gasteiger charge is 2.44. The molecule has 0 spiro atoms. The van der Waals surface area contributed by atoms with Gasteiger partial charge in [0.1, 0.15) is 6.10 Å². The van der Waals surface area contributed by atoms with Crippen LogP contribution >= 0.6 is 0 Å². The van der Waals surface area contributed by atoms with E-state index < -0.39 is 0 Å². The topological polar surface area (TPSA) is 21.8 Å². The number of rotatable bonds is 2. The van der Waals surface area contributed by atoms with Crippen molar-refractivity contribution in [2.75, 3.05) is 6.61 Å². The Morgan fingerprint density at radius 2 is 2.27 bits per heavy atom. The SMILES string of the molecule is CC[C@H]1O[C@H]1C1CCCCO1. The first kappa shape index (κ1) is 7.56. The number of hydrogen-bond acceptors (Lipinski definition) is 2. The normalized spacial score (nSPS) is 43.9. The van der Waals surface area contributed by atoms with Crippen molar-refractivity contribution in [3.63, 3.8) is 0 Å². The molecule has 64 valence electrons. The van der Waals surface area contributed by atoms with Crippen LogP contribution in [0.1, 0.15) is 32.6 Å². The molecule has 1 unspecified atom stereocenters. The molecule has 2 aliphatic rings. The third kappa shape index (κ3) is 1.57. The van der Waals surface area contributed by atoms with Gasteiger partial charge < -0.3 is 9.47 Å². The molecule has 11 heavy (non-hydrogen) atoms. The maximum Gasteiger partial charge on any atom is 0.110 e. The first-order valence-corrected chi connectivity index (χ1v) is 4.69. The zero-order chi connectivity index (χ0) is 7.68. The summed E-state index contributed by atoms with van der Waals surface area (Å²) >= 11 is 0. The molecule has 0 aliphatic carbocycles. The van der Waals surface area contributed by atoms with Crippen LogP contribution in [0, 0.1) is 0 Å². The van der Waals surface area contributed by atoms with Crippen LogP contribution in [0.4, 0.5) is 0 Å². The third-order valence-electron chi connectivity index (χ3n) is 2.61. The molecular formula is C9H16O2. The average Bonchev–Trinajstić information content (AvgIpc) is 2.85.